The quantitative estimate of drug-likeness (QED) is 0.716. The number of nitrogens with zero attached hydrogens (tertiary/aromatic N) is 2. The van der Waals surface area contributed by atoms with E-state index in [1.807, 2.05) is 36.4 Å². The van der Waals surface area contributed by atoms with Crippen LogP contribution in [0.3, 0.4) is 0 Å². The number of halogens is 1. The van der Waals surface area contributed by atoms with Crippen LogP contribution < -0.4 is 0 Å². The highest BCUT2D eigenvalue weighted by molar-refractivity contribution is 9.10. The van der Waals surface area contributed by atoms with Crippen LogP contribution in [0.15, 0.2) is 53.0 Å². The largest absolute Gasteiger partial charge is 0.315 e. The van der Waals surface area contributed by atoms with Crippen LogP contribution in [-0.2, 0) is 0 Å². The second-order valence-electron chi connectivity index (χ2n) is 7.55. The molecular weight excluding hydrogens is 404 g/mol. The maximum atomic E-state index is 13.1. The lowest BCUT2D eigenvalue weighted by Crippen LogP contribution is -2.34. The van der Waals surface area contributed by atoms with Crippen LogP contribution in [0.5, 0.6) is 0 Å². The number of hydrogen-bond donors (Lipinski definition) is 1. The van der Waals surface area contributed by atoms with Crippen molar-refractivity contribution in [3.8, 4) is 0 Å². The second-order valence-corrected chi connectivity index (χ2v) is 8.46. The Hall–Kier alpha value is -1.69. The average Bonchev–Trinajstić information content (AvgIpc) is 3.10. The third-order valence-electron chi connectivity index (χ3n) is 5.79. The van der Waals surface area contributed by atoms with E-state index in [0.29, 0.717) is 24.6 Å². The predicted octanol–water partition coefficient (Wildman–Crippen LogP) is 5.34. The van der Waals surface area contributed by atoms with Crippen molar-refractivity contribution in [1.82, 2.24) is 9.96 Å². The van der Waals surface area contributed by atoms with Gasteiger partial charge in [0, 0.05) is 23.1 Å². The van der Waals surface area contributed by atoms with Gasteiger partial charge in [-0.3, -0.25) is 4.79 Å². The first-order chi connectivity index (χ1) is 13.1. The Bertz CT molecular complexity index is 802. The summed E-state index contributed by atoms with van der Waals surface area (Å²) in [7, 11) is 0. The highest BCUT2D eigenvalue weighted by Gasteiger charge is 2.36. The molecule has 1 heterocycles. The monoisotopic (exact) mass is 428 g/mol. The molecule has 4 nitrogen and oxygen atoms in total. The Kier molecular flexibility index (Phi) is 5.62. The molecule has 1 saturated heterocycles. The molecule has 1 amide bonds. The third-order valence-corrected chi connectivity index (χ3v) is 6.28. The summed E-state index contributed by atoms with van der Waals surface area (Å²) in [5.41, 5.74) is 2.93. The first kappa shape index (κ1) is 18.7. The van der Waals surface area contributed by atoms with Gasteiger partial charge in [0.05, 0.1) is 0 Å². The van der Waals surface area contributed by atoms with Crippen LogP contribution in [0.2, 0.25) is 0 Å². The fourth-order valence-corrected chi connectivity index (χ4v) is 4.76. The van der Waals surface area contributed by atoms with Crippen LogP contribution in [0.4, 0.5) is 0 Å². The van der Waals surface area contributed by atoms with Crippen molar-refractivity contribution in [2.24, 2.45) is 0 Å². The van der Waals surface area contributed by atoms with Crippen molar-refractivity contribution in [2.45, 2.75) is 44.2 Å². The molecule has 1 atom stereocenters. The van der Waals surface area contributed by atoms with E-state index in [-0.39, 0.29) is 5.91 Å². The van der Waals surface area contributed by atoms with E-state index in [1.165, 1.54) is 42.7 Å². The summed E-state index contributed by atoms with van der Waals surface area (Å²) in [6.07, 6.45) is 6.01. The summed E-state index contributed by atoms with van der Waals surface area (Å²) in [6.45, 7) is 0.958. The number of rotatable bonds is 3. The fraction of sp³-hybridized carbons (Fsp3) is 0.409. The Morgan fingerprint density at radius 2 is 1.70 bits per heavy atom. The Balaban J connectivity index is 1.54. The maximum absolute atomic E-state index is 13.1. The lowest BCUT2D eigenvalue weighted by molar-refractivity contribution is -0.122. The molecule has 0 bridgehead atoms. The van der Waals surface area contributed by atoms with Gasteiger partial charge in [-0.2, -0.15) is 5.06 Å². The summed E-state index contributed by atoms with van der Waals surface area (Å²) in [5, 5.41) is 11.6. The molecule has 5 heteroatoms. The lowest BCUT2D eigenvalue weighted by Gasteiger charge is -2.28. The van der Waals surface area contributed by atoms with Crippen LogP contribution in [0.25, 0.3) is 0 Å². The molecule has 1 saturated carbocycles. The Labute approximate surface area is 168 Å². The van der Waals surface area contributed by atoms with E-state index in [0.717, 1.165) is 10.0 Å². The number of carbonyl (C=O) groups excluding carboxylic acids is 1. The molecular formula is C22H25BrN2O2. The molecule has 1 N–H and O–H groups in total. The average molecular weight is 429 g/mol. The molecule has 1 aliphatic heterocycles. The van der Waals surface area contributed by atoms with Gasteiger partial charge in [-0.05, 0) is 54.2 Å². The molecule has 2 aromatic rings. The van der Waals surface area contributed by atoms with E-state index in [9.17, 15) is 10.0 Å². The van der Waals surface area contributed by atoms with Gasteiger partial charge in [0.1, 0.15) is 6.17 Å². The van der Waals surface area contributed by atoms with Gasteiger partial charge < -0.3 is 10.1 Å². The van der Waals surface area contributed by atoms with Crippen molar-refractivity contribution < 1.29 is 10.0 Å². The Morgan fingerprint density at radius 3 is 2.41 bits per heavy atom. The van der Waals surface area contributed by atoms with Crippen LogP contribution >= 0.6 is 15.9 Å². The van der Waals surface area contributed by atoms with Crippen molar-refractivity contribution >= 4 is 21.8 Å². The molecule has 4 rings (SSSR count). The van der Waals surface area contributed by atoms with E-state index >= 15 is 0 Å². The van der Waals surface area contributed by atoms with Gasteiger partial charge >= 0.3 is 0 Å². The van der Waals surface area contributed by atoms with E-state index in [2.05, 4.69) is 28.1 Å². The molecule has 2 fully saturated rings. The van der Waals surface area contributed by atoms with Gasteiger partial charge in [0.15, 0.2) is 0 Å². The first-order valence-electron chi connectivity index (χ1n) is 9.75. The molecule has 0 radical (unpaired) electrons. The summed E-state index contributed by atoms with van der Waals surface area (Å²) in [5.74, 6) is 0.601. The highest BCUT2D eigenvalue weighted by Crippen LogP contribution is 2.34. The van der Waals surface area contributed by atoms with E-state index in [4.69, 9.17) is 0 Å². The third kappa shape index (κ3) is 3.96. The molecule has 142 valence electrons. The number of carbonyl (C=O) groups is 1. The standard InChI is InChI=1S/C22H25BrN2O2/c23-20-8-4-7-19(15-20)21-24(13-14-25(21)27)22(26)18-11-9-17(10-12-18)16-5-2-1-3-6-16/h4,7-12,15-16,21,27H,1-3,5-6,13-14H2. The molecule has 1 aliphatic carbocycles. The molecule has 2 aliphatic rings. The molecule has 0 spiro atoms. The highest BCUT2D eigenvalue weighted by atomic mass is 79.9. The number of amides is 1. The van der Waals surface area contributed by atoms with E-state index in [1.54, 1.807) is 4.90 Å². The van der Waals surface area contributed by atoms with Crippen molar-refractivity contribution in [2.75, 3.05) is 13.1 Å². The maximum Gasteiger partial charge on any atom is 0.255 e. The smallest absolute Gasteiger partial charge is 0.255 e. The zero-order chi connectivity index (χ0) is 18.8. The minimum absolute atomic E-state index is 0.0354. The van der Waals surface area contributed by atoms with Crippen LogP contribution in [0.1, 0.15) is 65.7 Å². The van der Waals surface area contributed by atoms with Crippen molar-refractivity contribution in [1.29, 1.82) is 0 Å². The topological polar surface area (TPSA) is 43.8 Å². The van der Waals surface area contributed by atoms with Gasteiger partial charge in [-0.25, -0.2) is 0 Å². The van der Waals surface area contributed by atoms with Crippen molar-refractivity contribution in [3.63, 3.8) is 0 Å². The van der Waals surface area contributed by atoms with E-state index < -0.39 is 6.17 Å². The number of benzene rings is 2. The molecule has 2 aromatic carbocycles. The normalized spacial score (nSPS) is 21.6. The molecule has 0 aromatic heterocycles. The number of hydroxylamine groups is 2. The zero-order valence-electron chi connectivity index (χ0n) is 15.4. The van der Waals surface area contributed by atoms with Gasteiger partial charge in [0.25, 0.3) is 5.91 Å². The Morgan fingerprint density at radius 1 is 0.963 bits per heavy atom. The first-order valence-corrected chi connectivity index (χ1v) is 10.5. The summed E-state index contributed by atoms with van der Waals surface area (Å²) < 4.78 is 0.935. The summed E-state index contributed by atoms with van der Waals surface area (Å²) in [4.78, 5) is 14.9. The second kappa shape index (κ2) is 8.13. The fourth-order valence-electron chi connectivity index (χ4n) is 4.35. The zero-order valence-corrected chi connectivity index (χ0v) is 16.9. The molecule has 1 unspecified atom stereocenters. The SMILES string of the molecule is O=C(c1ccc(C2CCCCC2)cc1)N1CCN(O)C1c1cccc(Br)c1. The minimum atomic E-state index is -0.451. The lowest BCUT2D eigenvalue weighted by atomic mass is 9.84. The summed E-state index contributed by atoms with van der Waals surface area (Å²) >= 11 is 3.47. The van der Waals surface area contributed by atoms with Crippen LogP contribution in [0, 0.1) is 0 Å². The minimum Gasteiger partial charge on any atom is -0.315 e. The predicted molar refractivity (Wildman–Crippen MR) is 109 cm³/mol. The van der Waals surface area contributed by atoms with Crippen LogP contribution in [-0.4, -0.2) is 34.2 Å². The van der Waals surface area contributed by atoms with Gasteiger partial charge in [-0.15, -0.1) is 0 Å². The molecule has 27 heavy (non-hydrogen) atoms. The van der Waals surface area contributed by atoms with Gasteiger partial charge in [-0.1, -0.05) is 59.5 Å². The number of hydrogen-bond acceptors (Lipinski definition) is 3. The van der Waals surface area contributed by atoms with Crippen molar-refractivity contribution in [3.05, 3.63) is 69.7 Å². The van der Waals surface area contributed by atoms with Gasteiger partial charge in [0.2, 0.25) is 0 Å². The summed E-state index contributed by atoms with van der Waals surface area (Å²) in [6, 6.07) is 15.9.